The molecule has 0 aliphatic carbocycles. The average molecular weight is 368 g/mol. The van der Waals surface area contributed by atoms with E-state index in [1.165, 1.54) is 23.7 Å². The molecule has 0 spiro atoms. The van der Waals surface area contributed by atoms with E-state index in [1.54, 1.807) is 6.07 Å². The number of carbonyl (C=O) groups excluding carboxylic acids is 2. The molecule has 2 amide bonds. The minimum Gasteiger partial charge on any atom is -0.459 e. The quantitative estimate of drug-likeness (QED) is 0.568. The molecule has 0 saturated carbocycles. The summed E-state index contributed by atoms with van der Waals surface area (Å²) in [6.07, 6.45) is 2.54. The Morgan fingerprint density at radius 2 is 1.92 bits per heavy atom. The van der Waals surface area contributed by atoms with Crippen molar-refractivity contribution in [2.75, 3.05) is 10.6 Å². The Kier molecular flexibility index (Phi) is 3.98. The highest BCUT2D eigenvalue weighted by molar-refractivity contribution is 7.22. The molecule has 0 fully saturated rings. The first kappa shape index (κ1) is 16.0. The monoisotopic (exact) mass is 368 g/mol. The van der Waals surface area contributed by atoms with Crippen LogP contribution in [0.2, 0.25) is 0 Å². The molecule has 0 saturated heterocycles. The molecule has 3 aromatic heterocycles. The first-order valence-electron chi connectivity index (χ1n) is 7.58. The van der Waals surface area contributed by atoms with Gasteiger partial charge in [-0.2, -0.15) is 4.98 Å². The van der Waals surface area contributed by atoms with Crippen molar-refractivity contribution in [1.82, 2.24) is 9.97 Å². The molecule has 2 N–H and O–H groups in total. The lowest BCUT2D eigenvalue weighted by Gasteiger charge is -1.97. The zero-order valence-corrected chi connectivity index (χ0v) is 14.3. The molecule has 0 radical (unpaired) electrons. The number of fused-ring (bicyclic) bond motifs is 1. The third kappa shape index (κ3) is 3.07. The normalized spacial score (nSPS) is 10.8. The van der Waals surface area contributed by atoms with Gasteiger partial charge in [-0.25, -0.2) is 4.98 Å². The summed E-state index contributed by atoms with van der Waals surface area (Å²) in [6.45, 7) is 1.96. The summed E-state index contributed by atoms with van der Waals surface area (Å²) in [6, 6.07) is 8.82. The van der Waals surface area contributed by atoms with Crippen LogP contribution in [-0.4, -0.2) is 21.8 Å². The van der Waals surface area contributed by atoms with Crippen molar-refractivity contribution in [2.24, 2.45) is 0 Å². The Morgan fingerprint density at radius 3 is 2.69 bits per heavy atom. The Morgan fingerprint density at radius 1 is 1.04 bits per heavy atom. The van der Waals surface area contributed by atoms with Crippen LogP contribution in [-0.2, 0) is 0 Å². The summed E-state index contributed by atoms with van der Waals surface area (Å²) in [7, 11) is 0. The molecule has 26 heavy (non-hydrogen) atoms. The molecule has 1 aromatic carbocycles. The van der Waals surface area contributed by atoms with Crippen LogP contribution >= 0.6 is 11.3 Å². The van der Waals surface area contributed by atoms with E-state index in [0.29, 0.717) is 5.13 Å². The second-order valence-corrected chi connectivity index (χ2v) is 6.39. The molecular formula is C17H12N4O4S. The van der Waals surface area contributed by atoms with Crippen LogP contribution in [0.3, 0.4) is 0 Å². The summed E-state index contributed by atoms with van der Waals surface area (Å²) in [4.78, 5) is 32.5. The standard InChI is InChI=1S/C17H12N4O4S/c1-9-4-2-6-12-13(9)19-17(26-12)21-14(22)10-8-25-16(18-10)20-15(23)11-5-3-7-24-11/h2-8H,1H3,(H,18,20,23)(H,19,21,22). The van der Waals surface area contributed by atoms with E-state index in [-0.39, 0.29) is 17.5 Å². The van der Waals surface area contributed by atoms with Gasteiger partial charge in [-0.05, 0) is 30.7 Å². The van der Waals surface area contributed by atoms with E-state index in [1.807, 2.05) is 25.1 Å². The first-order chi connectivity index (χ1) is 12.6. The number of aromatic nitrogens is 2. The van der Waals surface area contributed by atoms with Crippen LogP contribution in [0, 0.1) is 6.92 Å². The SMILES string of the molecule is Cc1cccc2sc(NC(=O)c3coc(NC(=O)c4ccco4)n3)nc12. The molecule has 130 valence electrons. The smallest absolute Gasteiger partial charge is 0.302 e. The van der Waals surface area contributed by atoms with Gasteiger partial charge in [-0.1, -0.05) is 23.5 Å². The molecule has 0 atom stereocenters. The molecule has 3 heterocycles. The Hall–Kier alpha value is -3.46. The number of oxazole rings is 1. The first-order valence-corrected chi connectivity index (χ1v) is 8.40. The Balaban J connectivity index is 1.47. The summed E-state index contributed by atoms with van der Waals surface area (Å²) in [5, 5.41) is 5.55. The van der Waals surface area contributed by atoms with Crippen molar-refractivity contribution in [3.05, 3.63) is 59.9 Å². The molecule has 4 aromatic rings. The van der Waals surface area contributed by atoms with Crippen molar-refractivity contribution in [1.29, 1.82) is 0 Å². The second kappa shape index (κ2) is 6.45. The molecular weight excluding hydrogens is 356 g/mol. The van der Waals surface area contributed by atoms with Crippen molar-refractivity contribution in [3.63, 3.8) is 0 Å². The molecule has 0 aliphatic heterocycles. The number of hydrogen-bond acceptors (Lipinski definition) is 7. The Labute approximate surface area is 150 Å². The number of nitrogens with zero attached hydrogens (tertiary/aromatic N) is 2. The summed E-state index contributed by atoms with van der Waals surface area (Å²) < 4.78 is 11.1. The van der Waals surface area contributed by atoms with E-state index < -0.39 is 11.8 Å². The van der Waals surface area contributed by atoms with Gasteiger partial charge >= 0.3 is 6.01 Å². The largest absolute Gasteiger partial charge is 0.459 e. The zero-order chi connectivity index (χ0) is 18.1. The van der Waals surface area contributed by atoms with E-state index in [0.717, 1.165) is 22.0 Å². The van der Waals surface area contributed by atoms with Gasteiger partial charge < -0.3 is 8.83 Å². The minimum atomic E-state index is -0.523. The fourth-order valence-electron chi connectivity index (χ4n) is 2.30. The third-order valence-electron chi connectivity index (χ3n) is 3.54. The van der Waals surface area contributed by atoms with Crippen LogP contribution in [0.25, 0.3) is 10.2 Å². The van der Waals surface area contributed by atoms with Gasteiger partial charge in [0.15, 0.2) is 16.6 Å². The number of furan rings is 1. The van der Waals surface area contributed by atoms with Crippen LogP contribution in [0.1, 0.15) is 26.6 Å². The number of hydrogen-bond donors (Lipinski definition) is 2. The zero-order valence-electron chi connectivity index (χ0n) is 13.5. The van der Waals surface area contributed by atoms with Crippen molar-refractivity contribution in [3.8, 4) is 0 Å². The van der Waals surface area contributed by atoms with E-state index in [4.69, 9.17) is 8.83 Å². The molecule has 8 nitrogen and oxygen atoms in total. The summed E-state index contributed by atoms with van der Waals surface area (Å²) >= 11 is 1.37. The van der Waals surface area contributed by atoms with Gasteiger partial charge in [0.2, 0.25) is 0 Å². The topological polar surface area (TPSA) is 110 Å². The predicted octanol–water partition coefficient (Wildman–Crippen LogP) is 3.69. The number of benzene rings is 1. The average Bonchev–Trinajstić information content (AvgIpc) is 3.35. The number of carbonyl (C=O) groups is 2. The minimum absolute atomic E-state index is 0.0238. The second-order valence-electron chi connectivity index (χ2n) is 5.36. The number of thiazole rings is 1. The fourth-order valence-corrected chi connectivity index (χ4v) is 3.24. The highest BCUT2D eigenvalue weighted by Gasteiger charge is 2.17. The van der Waals surface area contributed by atoms with E-state index in [2.05, 4.69) is 20.6 Å². The summed E-state index contributed by atoms with van der Waals surface area (Å²) in [5.41, 5.74) is 1.90. The van der Waals surface area contributed by atoms with Gasteiger partial charge in [-0.3, -0.25) is 20.2 Å². The fraction of sp³-hybridized carbons (Fsp3) is 0.0588. The molecule has 4 rings (SSSR count). The maximum absolute atomic E-state index is 12.3. The highest BCUT2D eigenvalue weighted by Crippen LogP contribution is 2.28. The maximum Gasteiger partial charge on any atom is 0.302 e. The predicted molar refractivity (Wildman–Crippen MR) is 95.5 cm³/mol. The van der Waals surface area contributed by atoms with E-state index >= 15 is 0 Å². The van der Waals surface area contributed by atoms with Crippen molar-refractivity contribution in [2.45, 2.75) is 6.92 Å². The van der Waals surface area contributed by atoms with Crippen LogP contribution < -0.4 is 10.6 Å². The molecule has 9 heteroatoms. The lowest BCUT2D eigenvalue weighted by Crippen LogP contribution is -2.14. The molecule has 0 bridgehead atoms. The van der Waals surface area contributed by atoms with Crippen LogP contribution in [0.4, 0.5) is 11.1 Å². The van der Waals surface area contributed by atoms with Crippen molar-refractivity contribution < 1.29 is 18.4 Å². The highest BCUT2D eigenvalue weighted by atomic mass is 32.1. The summed E-state index contributed by atoms with van der Waals surface area (Å²) in [5.74, 6) is -0.895. The van der Waals surface area contributed by atoms with Crippen molar-refractivity contribution >= 4 is 44.5 Å². The number of rotatable bonds is 4. The number of para-hydroxylation sites is 1. The number of aryl methyl sites for hydroxylation is 1. The van der Waals surface area contributed by atoms with Crippen LogP contribution in [0.5, 0.6) is 0 Å². The number of amides is 2. The molecule has 0 aliphatic rings. The number of anilines is 2. The third-order valence-corrected chi connectivity index (χ3v) is 4.48. The maximum atomic E-state index is 12.3. The lowest BCUT2D eigenvalue weighted by atomic mass is 10.2. The van der Waals surface area contributed by atoms with Gasteiger partial charge in [0, 0.05) is 0 Å². The van der Waals surface area contributed by atoms with Crippen LogP contribution in [0.15, 0.2) is 51.7 Å². The van der Waals surface area contributed by atoms with Gasteiger partial charge in [-0.15, -0.1) is 0 Å². The van der Waals surface area contributed by atoms with E-state index in [9.17, 15) is 9.59 Å². The Bertz CT molecular complexity index is 1100. The molecule has 0 unspecified atom stereocenters. The van der Waals surface area contributed by atoms with Gasteiger partial charge in [0.1, 0.15) is 6.26 Å². The number of nitrogens with one attached hydrogen (secondary N) is 2. The lowest BCUT2D eigenvalue weighted by molar-refractivity contribution is 0.0990. The van der Waals surface area contributed by atoms with Gasteiger partial charge in [0.05, 0.1) is 16.5 Å². The van der Waals surface area contributed by atoms with Gasteiger partial charge in [0.25, 0.3) is 11.8 Å².